The molecule has 15 rings (SSSR count). The lowest BCUT2D eigenvalue weighted by atomic mass is 9.77. The molecule has 0 radical (unpaired) electrons. The summed E-state index contributed by atoms with van der Waals surface area (Å²) in [6.07, 6.45) is 0. The fourth-order valence-electron chi connectivity index (χ4n) is 12.2. The van der Waals surface area contributed by atoms with Gasteiger partial charge in [0.1, 0.15) is 0 Å². The van der Waals surface area contributed by atoms with Crippen molar-refractivity contribution in [2.24, 2.45) is 0 Å². The molecule has 354 valence electrons. The van der Waals surface area contributed by atoms with E-state index in [-0.39, 0.29) is 0 Å². The average molecular weight is 963 g/mol. The molecule has 0 aliphatic heterocycles. The predicted octanol–water partition coefficient (Wildman–Crippen LogP) is 21.4. The number of benzene rings is 15. The molecule has 0 aromatic heterocycles. The van der Waals surface area contributed by atoms with E-state index < -0.39 is 0 Å². The summed E-state index contributed by atoms with van der Waals surface area (Å²) in [7, 11) is 0. The van der Waals surface area contributed by atoms with Gasteiger partial charge in [0, 0.05) is 0 Å². The van der Waals surface area contributed by atoms with Crippen LogP contribution in [0.2, 0.25) is 0 Å². The Morgan fingerprint density at radius 3 is 0.605 bits per heavy atom. The Balaban J connectivity index is 0.000000142. The van der Waals surface area contributed by atoms with Gasteiger partial charge in [-0.3, -0.25) is 0 Å². The first-order valence-corrected chi connectivity index (χ1v) is 26.3. The van der Waals surface area contributed by atoms with Crippen LogP contribution in [0.5, 0.6) is 0 Å². The van der Waals surface area contributed by atoms with Crippen LogP contribution in [0.1, 0.15) is 0 Å². The van der Waals surface area contributed by atoms with Crippen LogP contribution in [-0.4, -0.2) is 0 Å². The van der Waals surface area contributed by atoms with Gasteiger partial charge in [-0.1, -0.05) is 291 Å². The van der Waals surface area contributed by atoms with Gasteiger partial charge in [0.25, 0.3) is 0 Å². The van der Waals surface area contributed by atoms with Gasteiger partial charge in [0.15, 0.2) is 0 Å². The minimum Gasteiger partial charge on any atom is -0.0622 e. The smallest absolute Gasteiger partial charge is 0.000139 e. The molecule has 0 saturated heterocycles. The highest BCUT2D eigenvalue weighted by atomic mass is 14.3. The van der Waals surface area contributed by atoms with Crippen LogP contribution in [0.15, 0.2) is 303 Å². The van der Waals surface area contributed by atoms with Gasteiger partial charge in [-0.25, -0.2) is 0 Å². The van der Waals surface area contributed by atoms with Crippen molar-refractivity contribution in [2.75, 3.05) is 0 Å². The molecule has 0 spiro atoms. The van der Waals surface area contributed by atoms with Crippen molar-refractivity contribution in [1.82, 2.24) is 0 Å². The maximum atomic E-state index is 2.33. The highest BCUT2D eigenvalue weighted by Crippen LogP contribution is 2.54. The molecule has 0 heterocycles. The second-order valence-corrected chi connectivity index (χ2v) is 19.8. The molecule has 0 heteroatoms. The summed E-state index contributed by atoms with van der Waals surface area (Å²) in [5.41, 5.74) is 15.2. The predicted molar refractivity (Wildman–Crippen MR) is 328 cm³/mol. The van der Waals surface area contributed by atoms with E-state index in [0.717, 1.165) is 0 Å². The normalized spacial score (nSPS) is 11.4. The Bertz CT molecular complexity index is 4140. The SMILES string of the molecule is c1ccc(-c2c3ccccc3c(-c3ccccc3)c3c(-c4ccccc4)c4ccccc4c(-c4ccccc4)c23)cc1.c1ccc2cc(-c3c4ccccc4c(-c4ccc5ccccc5c4)c4ccccc34)ccc2c1. The monoisotopic (exact) mass is 962 g/mol. The van der Waals surface area contributed by atoms with Crippen LogP contribution in [0.25, 0.3) is 142 Å². The number of rotatable bonds is 6. The van der Waals surface area contributed by atoms with E-state index in [4.69, 9.17) is 0 Å². The lowest BCUT2D eigenvalue weighted by Crippen LogP contribution is -1.97. The molecule has 0 aliphatic rings. The van der Waals surface area contributed by atoms with Gasteiger partial charge in [-0.2, -0.15) is 0 Å². The maximum absolute atomic E-state index is 2.33. The molecule has 76 heavy (non-hydrogen) atoms. The quantitative estimate of drug-likeness (QED) is 0.146. The fraction of sp³-hybridized carbons (Fsp3) is 0. The molecule has 0 fully saturated rings. The summed E-state index contributed by atoms with van der Waals surface area (Å²) in [6, 6.07) is 110. The maximum Gasteiger partial charge on any atom is -0.000139 e. The molecular formula is C76H50. The van der Waals surface area contributed by atoms with E-state index in [1.54, 1.807) is 0 Å². The lowest BCUT2D eigenvalue weighted by molar-refractivity contribution is 1.63. The second-order valence-electron chi connectivity index (χ2n) is 19.8. The third kappa shape index (κ3) is 7.70. The minimum atomic E-state index is 1.23. The van der Waals surface area contributed by atoms with E-state index >= 15 is 0 Å². The molecule has 0 unspecified atom stereocenters. The van der Waals surface area contributed by atoms with Gasteiger partial charge >= 0.3 is 0 Å². The Morgan fingerprint density at radius 2 is 0.342 bits per heavy atom. The van der Waals surface area contributed by atoms with Crippen LogP contribution in [-0.2, 0) is 0 Å². The zero-order chi connectivity index (χ0) is 50.4. The van der Waals surface area contributed by atoms with E-state index in [0.29, 0.717) is 0 Å². The van der Waals surface area contributed by atoms with Crippen LogP contribution >= 0.6 is 0 Å². The summed E-state index contributed by atoms with van der Waals surface area (Å²) >= 11 is 0. The molecule has 0 atom stereocenters. The lowest BCUT2D eigenvalue weighted by Gasteiger charge is -2.25. The molecule has 0 saturated carbocycles. The standard InChI is InChI=1S/C42H28.C34H22/c1-5-17-29(18-6-1)37-33-25-13-14-26-34(33)39(31-21-9-3-10-22-31)42-40(32-23-11-4-12-24-32)36-28-16-15-27-35(36)38(41(37)42)30-19-7-2-8-20-30;1-3-11-25-21-27(19-17-23(25)9-1)33-29-13-5-7-15-31(29)34(32-16-8-6-14-30(32)33)28-20-18-24-10-2-4-12-26(24)22-28/h1-28H;1-22H. The highest BCUT2D eigenvalue weighted by Gasteiger charge is 2.26. The van der Waals surface area contributed by atoms with Crippen LogP contribution in [0, 0.1) is 0 Å². The Kier molecular flexibility index (Phi) is 11.3. The summed E-state index contributed by atoms with van der Waals surface area (Å²) in [5, 5.41) is 17.9. The van der Waals surface area contributed by atoms with Crippen molar-refractivity contribution in [2.45, 2.75) is 0 Å². The number of hydrogen-bond donors (Lipinski definition) is 0. The Labute approximate surface area is 443 Å². The zero-order valence-corrected chi connectivity index (χ0v) is 41.9. The third-order valence-electron chi connectivity index (χ3n) is 15.4. The average Bonchev–Trinajstić information content (AvgIpc) is 3.50. The Morgan fingerprint density at radius 1 is 0.132 bits per heavy atom. The van der Waals surface area contributed by atoms with E-state index in [2.05, 4.69) is 303 Å². The van der Waals surface area contributed by atoms with Crippen LogP contribution in [0.3, 0.4) is 0 Å². The van der Waals surface area contributed by atoms with Crippen molar-refractivity contribution in [3.63, 3.8) is 0 Å². The minimum absolute atomic E-state index is 1.23. The molecule has 0 amide bonds. The topological polar surface area (TPSA) is 0 Å². The highest BCUT2D eigenvalue weighted by molar-refractivity contribution is 6.34. The van der Waals surface area contributed by atoms with Crippen molar-refractivity contribution >= 4 is 75.4 Å². The van der Waals surface area contributed by atoms with E-state index in [1.165, 1.54) is 142 Å². The van der Waals surface area contributed by atoms with Crippen molar-refractivity contribution < 1.29 is 0 Å². The first-order valence-electron chi connectivity index (χ1n) is 26.3. The molecular weight excluding hydrogens is 913 g/mol. The Hall–Kier alpha value is -9.88. The summed E-state index contributed by atoms with van der Waals surface area (Å²) in [5.74, 6) is 0. The van der Waals surface area contributed by atoms with E-state index in [1.807, 2.05) is 0 Å². The number of fused-ring (bicyclic) bond motifs is 7. The summed E-state index contributed by atoms with van der Waals surface area (Å²) in [6.45, 7) is 0. The van der Waals surface area contributed by atoms with Crippen LogP contribution < -0.4 is 0 Å². The molecule has 15 aromatic rings. The van der Waals surface area contributed by atoms with Crippen molar-refractivity contribution in [3.05, 3.63) is 303 Å². The summed E-state index contributed by atoms with van der Waals surface area (Å²) in [4.78, 5) is 0. The van der Waals surface area contributed by atoms with Gasteiger partial charge in [0.2, 0.25) is 0 Å². The molecule has 0 bridgehead atoms. The van der Waals surface area contributed by atoms with Crippen molar-refractivity contribution in [3.8, 4) is 66.8 Å². The van der Waals surface area contributed by atoms with Gasteiger partial charge in [-0.15, -0.1) is 0 Å². The number of hydrogen-bond acceptors (Lipinski definition) is 0. The van der Waals surface area contributed by atoms with Gasteiger partial charge in [-0.05, 0) is 154 Å². The van der Waals surface area contributed by atoms with Gasteiger partial charge < -0.3 is 0 Å². The zero-order valence-electron chi connectivity index (χ0n) is 41.9. The summed E-state index contributed by atoms with van der Waals surface area (Å²) < 4.78 is 0. The largest absolute Gasteiger partial charge is 0.0622 e. The molecule has 0 aliphatic carbocycles. The first kappa shape index (κ1) is 44.8. The first-order chi connectivity index (χ1) is 37.8. The van der Waals surface area contributed by atoms with Crippen molar-refractivity contribution in [1.29, 1.82) is 0 Å². The molecule has 15 aromatic carbocycles. The van der Waals surface area contributed by atoms with Gasteiger partial charge in [0.05, 0.1) is 0 Å². The molecule has 0 nitrogen and oxygen atoms in total. The fourth-order valence-corrected chi connectivity index (χ4v) is 12.2. The molecule has 0 N–H and O–H groups in total. The third-order valence-corrected chi connectivity index (χ3v) is 15.4. The second kappa shape index (κ2) is 19.2. The van der Waals surface area contributed by atoms with Crippen LogP contribution in [0.4, 0.5) is 0 Å². The van der Waals surface area contributed by atoms with E-state index in [9.17, 15) is 0 Å².